The average molecular weight is 185 g/mol. The fraction of sp³-hybridized carbons (Fsp3) is 0.778. The first-order valence-electron chi connectivity index (χ1n) is 4.59. The summed E-state index contributed by atoms with van der Waals surface area (Å²) in [5.41, 5.74) is 0. The second kappa shape index (κ2) is 4.25. The molecule has 13 heavy (non-hydrogen) atoms. The summed E-state index contributed by atoms with van der Waals surface area (Å²) in [7, 11) is 0. The molecule has 2 atom stereocenters. The number of carboxylic acid groups (broad SMARTS) is 1. The Hall–Kier alpha value is -1.06. The highest BCUT2D eigenvalue weighted by Gasteiger charge is 2.26. The van der Waals surface area contributed by atoms with E-state index in [-0.39, 0.29) is 17.9 Å². The van der Waals surface area contributed by atoms with Crippen LogP contribution in [0.15, 0.2) is 0 Å². The molecule has 0 heterocycles. The zero-order valence-electron chi connectivity index (χ0n) is 7.75. The molecule has 0 aromatic heterocycles. The van der Waals surface area contributed by atoms with Gasteiger partial charge in [-0.15, -0.1) is 0 Å². The number of nitrogens with one attached hydrogen (secondary N) is 1. The Balaban J connectivity index is 2.41. The van der Waals surface area contributed by atoms with Crippen LogP contribution in [-0.2, 0) is 9.59 Å². The number of hydrogen-bond acceptors (Lipinski definition) is 2. The van der Waals surface area contributed by atoms with Crippen molar-refractivity contribution in [2.45, 2.75) is 38.6 Å². The highest BCUT2D eigenvalue weighted by Crippen LogP contribution is 2.24. The van der Waals surface area contributed by atoms with E-state index in [0.29, 0.717) is 6.42 Å². The van der Waals surface area contributed by atoms with Crippen molar-refractivity contribution >= 4 is 11.9 Å². The molecule has 1 fully saturated rings. The number of carbonyl (C=O) groups excluding carboxylic acids is 1. The lowest BCUT2D eigenvalue weighted by molar-refractivity contribution is -0.143. The molecule has 1 saturated carbocycles. The normalized spacial score (nSPS) is 28.1. The van der Waals surface area contributed by atoms with Crippen LogP contribution in [0, 0.1) is 5.92 Å². The van der Waals surface area contributed by atoms with E-state index in [1.165, 1.54) is 6.92 Å². The van der Waals surface area contributed by atoms with Crippen molar-refractivity contribution in [3.05, 3.63) is 0 Å². The molecule has 74 valence electrons. The number of carboxylic acids is 1. The average Bonchev–Trinajstić information content (AvgIpc) is 2.03. The van der Waals surface area contributed by atoms with Crippen LogP contribution in [0.25, 0.3) is 0 Å². The Labute approximate surface area is 77.3 Å². The molecule has 0 aromatic rings. The van der Waals surface area contributed by atoms with Crippen LogP contribution in [0.5, 0.6) is 0 Å². The molecule has 1 amide bonds. The first-order chi connectivity index (χ1) is 6.09. The van der Waals surface area contributed by atoms with Crippen molar-refractivity contribution in [2.24, 2.45) is 5.92 Å². The summed E-state index contributed by atoms with van der Waals surface area (Å²) < 4.78 is 0. The molecule has 4 heteroatoms. The van der Waals surface area contributed by atoms with E-state index >= 15 is 0 Å². The predicted octanol–water partition coefficient (Wildman–Crippen LogP) is 0.766. The van der Waals surface area contributed by atoms with Crippen molar-refractivity contribution in [2.75, 3.05) is 0 Å². The van der Waals surface area contributed by atoms with Crippen LogP contribution < -0.4 is 5.32 Å². The van der Waals surface area contributed by atoms with Gasteiger partial charge in [0.2, 0.25) is 5.91 Å². The minimum atomic E-state index is -0.741. The van der Waals surface area contributed by atoms with Crippen molar-refractivity contribution in [1.82, 2.24) is 5.32 Å². The SMILES string of the molecule is CC(=O)N[C@H]1CCC[C@@H](C(=O)O)C1. The lowest BCUT2D eigenvalue weighted by Gasteiger charge is -2.26. The molecule has 2 N–H and O–H groups in total. The minimum absolute atomic E-state index is 0.0624. The van der Waals surface area contributed by atoms with Crippen molar-refractivity contribution in [1.29, 1.82) is 0 Å². The van der Waals surface area contributed by atoms with Crippen LogP contribution in [0.1, 0.15) is 32.6 Å². The number of aliphatic carboxylic acids is 1. The zero-order valence-corrected chi connectivity index (χ0v) is 7.75. The summed E-state index contributed by atoms with van der Waals surface area (Å²) in [6.07, 6.45) is 3.12. The molecule has 0 aromatic carbocycles. The summed E-state index contributed by atoms with van der Waals surface area (Å²) in [6, 6.07) is 0.0624. The Morgan fingerprint density at radius 2 is 2.08 bits per heavy atom. The third-order valence-electron chi connectivity index (χ3n) is 2.43. The number of rotatable bonds is 2. The topological polar surface area (TPSA) is 66.4 Å². The van der Waals surface area contributed by atoms with Gasteiger partial charge in [-0.25, -0.2) is 0 Å². The molecule has 0 saturated heterocycles. The minimum Gasteiger partial charge on any atom is -0.481 e. The number of carbonyl (C=O) groups is 2. The van der Waals surface area contributed by atoms with Gasteiger partial charge in [0.15, 0.2) is 0 Å². The van der Waals surface area contributed by atoms with Crippen LogP contribution in [0.2, 0.25) is 0 Å². The van der Waals surface area contributed by atoms with Gasteiger partial charge >= 0.3 is 5.97 Å². The standard InChI is InChI=1S/C9H15NO3/c1-6(11)10-8-4-2-3-7(5-8)9(12)13/h7-8H,2-5H2,1H3,(H,10,11)(H,12,13)/t7-,8+/m1/s1. The highest BCUT2D eigenvalue weighted by molar-refractivity contribution is 5.73. The van der Waals surface area contributed by atoms with E-state index in [1.54, 1.807) is 0 Å². The third kappa shape index (κ3) is 3.05. The Morgan fingerprint density at radius 3 is 2.62 bits per heavy atom. The van der Waals surface area contributed by atoms with Crippen molar-refractivity contribution < 1.29 is 14.7 Å². The maximum atomic E-state index is 10.7. The summed E-state index contributed by atoms with van der Waals surface area (Å²) in [6.45, 7) is 1.46. The lowest BCUT2D eigenvalue weighted by atomic mass is 9.86. The van der Waals surface area contributed by atoms with E-state index in [0.717, 1.165) is 19.3 Å². The second-order valence-corrected chi connectivity index (χ2v) is 3.60. The second-order valence-electron chi connectivity index (χ2n) is 3.60. The summed E-state index contributed by atoms with van der Waals surface area (Å²) in [5, 5.41) is 11.5. The largest absolute Gasteiger partial charge is 0.481 e. The number of hydrogen-bond donors (Lipinski definition) is 2. The van der Waals surface area contributed by atoms with Gasteiger partial charge in [0.1, 0.15) is 0 Å². The van der Waals surface area contributed by atoms with E-state index in [9.17, 15) is 9.59 Å². The molecule has 0 aliphatic heterocycles. The molecule has 1 aliphatic rings. The van der Waals surface area contributed by atoms with Gasteiger partial charge in [-0.2, -0.15) is 0 Å². The number of amides is 1. The maximum absolute atomic E-state index is 10.7. The van der Waals surface area contributed by atoms with Crippen LogP contribution >= 0.6 is 0 Å². The van der Waals surface area contributed by atoms with Gasteiger partial charge in [-0.1, -0.05) is 6.42 Å². The molecule has 4 nitrogen and oxygen atoms in total. The lowest BCUT2D eigenvalue weighted by Crippen LogP contribution is -2.38. The summed E-state index contributed by atoms with van der Waals surface area (Å²) in [4.78, 5) is 21.4. The third-order valence-corrected chi connectivity index (χ3v) is 2.43. The highest BCUT2D eigenvalue weighted by atomic mass is 16.4. The maximum Gasteiger partial charge on any atom is 0.306 e. The monoisotopic (exact) mass is 185 g/mol. The van der Waals surface area contributed by atoms with Gasteiger partial charge in [0.25, 0.3) is 0 Å². The predicted molar refractivity (Wildman–Crippen MR) is 47.2 cm³/mol. The van der Waals surface area contributed by atoms with E-state index < -0.39 is 5.97 Å². The van der Waals surface area contributed by atoms with Crippen molar-refractivity contribution in [3.63, 3.8) is 0 Å². The summed E-state index contributed by atoms with van der Waals surface area (Å²) >= 11 is 0. The van der Waals surface area contributed by atoms with Crippen LogP contribution in [0.3, 0.4) is 0 Å². The molecule has 0 radical (unpaired) electrons. The molecule has 1 aliphatic carbocycles. The van der Waals surface area contributed by atoms with E-state index in [2.05, 4.69) is 5.32 Å². The fourth-order valence-corrected chi connectivity index (χ4v) is 1.83. The van der Waals surface area contributed by atoms with Crippen LogP contribution in [0.4, 0.5) is 0 Å². The first kappa shape index (κ1) is 10.0. The fourth-order valence-electron chi connectivity index (χ4n) is 1.83. The molecule has 0 spiro atoms. The first-order valence-corrected chi connectivity index (χ1v) is 4.59. The molecular weight excluding hydrogens is 170 g/mol. The van der Waals surface area contributed by atoms with E-state index in [1.807, 2.05) is 0 Å². The van der Waals surface area contributed by atoms with E-state index in [4.69, 9.17) is 5.11 Å². The quantitative estimate of drug-likeness (QED) is 0.667. The molecular formula is C9H15NO3. The zero-order chi connectivity index (χ0) is 9.84. The van der Waals surface area contributed by atoms with Crippen molar-refractivity contribution in [3.8, 4) is 0 Å². The van der Waals surface area contributed by atoms with Gasteiger partial charge in [-0.3, -0.25) is 9.59 Å². The van der Waals surface area contributed by atoms with Gasteiger partial charge < -0.3 is 10.4 Å². The molecule has 0 bridgehead atoms. The molecule has 1 rings (SSSR count). The Morgan fingerprint density at radius 1 is 1.38 bits per heavy atom. The summed E-state index contributed by atoms with van der Waals surface area (Å²) in [5.74, 6) is -1.09. The Kier molecular flexibility index (Phi) is 3.28. The van der Waals surface area contributed by atoms with Gasteiger partial charge in [0, 0.05) is 13.0 Å². The Bertz CT molecular complexity index is 215. The van der Waals surface area contributed by atoms with Crippen LogP contribution in [-0.4, -0.2) is 23.0 Å². The molecule has 0 unspecified atom stereocenters. The smallest absolute Gasteiger partial charge is 0.306 e. The van der Waals surface area contributed by atoms with Gasteiger partial charge in [0.05, 0.1) is 5.92 Å². The van der Waals surface area contributed by atoms with Gasteiger partial charge in [-0.05, 0) is 19.3 Å².